The highest BCUT2D eigenvalue weighted by atomic mass is 16.5. The molecule has 1 aliphatic heterocycles. The van der Waals surface area contributed by atoms with Crippen LogP contribution in [0.2, 0.25) is 0 Å². The predicted octanol–water partition coefficient (Wildman–Crippen LogP) is 4.77. The second-order valence-electron chi connectivity index (χ2n) is 6.65. The molecule has 0 atom stereocenters. The van der Waals surface area contributed by atoms with Crippen LogP contribution in [-0.4, -0.2) is 10.9 Å². The number of rotatable bonds is 4. The van der Waals surface area contributed by atoms with E-state index in [9.17, 15) is 4.79 Å². The summed E-state index contributed by atoms with van der Waals surface area (Å²) in [6, 6.07) is 17.6. The number of aromatic nitrogens is 1. The van der Waals surface area contributed by atoms with Gasteiger partial charge in [-0.05, 0) is 66.9 Å². The molecular weight excluding hydrogens is 336 g/mol. The van der Waals surface area contributed by atoms with Crippen molar-refractivity contribution in [2.24, 2.45) is 0 Å². The normalized spacial score (nSPS) is 14.1. The molecule has 4 rings (SSSR count). The molecule has 0 saturated heterocycles. The van der Waals surface area contributed by atoms with Crippen LogP contribution in [0.15, 0.2) is 60.8 Å². The average molecular weight is 356 g/mol. The number of hydrogen-bond acceptors (Lipinski definition) is 3. The van der Waals surface area contributed by atoms with E-state index in [0.29, 0.717) is 12.2 Å². The monoisotopic (exact) mass is 356 g/mol. The van der Waals surface area contributed by atoms with E-state index in [-0.39, 0.29) is 5.91 Å². The van der Waals surface area contributed by atoms with Crippen LogP contribution in [-0.2, 0) is 11.4 Å². The fourth-order valence-corrected chi connectivity index (χ4v) is 3.37. The van der Waals surface area contributed by atoms with Crippen LogP contribution in [0.1, 0.15) is 27.9 Å². The molecular formula is C23H20N2O2. The van der Waals surface area contributed by atoms with Gasteiger partial charge in [-0.2, -0.15) is 0 Å². The Balaban J connectivity index is 1.61. The van der Waals surface area contributed by atoms with Crippen molar-refractivity contribution in [3.63, 3.8) is 0 Å². The molecule has 2 heterocycles. The fraction of sp³-hybridized carbons (Fsp3) is 0.130. The molecule has 1 aliphatic rings. The van der Waals surface area contributed by atoms with E-state index in [1.54, 1.807) is 6.20 Å². The van der Waals surface area contributed by atoms with Crippen LogP contribution in [0.3, 0.4) is 0 Å². The van der Waals surface area contributed by atoms with Gasteiger partial charge >= 0.3 is 0 Å². The summed E-state index contributed by atoms with van der Waals surface area (Å²) in [5.74, 6) is 0.793. The fourth-order valence-electron chi connectivity index (χ4n) is 3.37. The molecule has 0 saturated carbocycles. The minimum atomic E-state index is -0.0676. The van der Waals surface area contributed by atoms with Gasteiger partial charge in [-0.3, -0.25) is 9.78 Å². The highest BCUT2D eigenvalue weighted by Gasteiger charge is 2.23. The number of pyridine rings is 1. The van der Waals surface area contributed by atoms with Gasteiger partial charge in [0.2, 0.25) is 0 Å². The van der Waals surface area contributed by atoms with Crippen molar-refractivity contribution in [2.45, 2.75) is 20.5 Å². The number of nitrogens with zero attached hydrogens (tertiary/aromatic N) is 1. The van der Waals surface area contributed by atoms with E-state index in [2.05, 4.69) is 10.3 Å². The van der Waals surface area contributed by atoms with Gasteiger partial charge in [0.25, 0.3) is 5.91 Å². The Morgan fingerprint density at radius 3 is 2.52 bits per heavy atom. The Labute approximate surface area is 158 Å². The van der Waals surface area contributed by atoms with E-state index >= 15 is 0 Å². The van der Waals surface area contributed by atoms with Crippen molar-refractivity contribution in [3.05, 3.63) is 88.7 Å². The first-order chi connectivity index (χ1) is 13.1. The second kappa shape index (κ2) is 7.08. The lowest BCUT2D eigenvalue weighted by atomic mass is 10.0. The molecule has 0 aliphatic carbocycles. The third-order valence-corrected chi connectivity index (χ3v) is 4.59. The number of amides is 1. The summed E-state index contributed by atoms with van der Waals surface area (Å²) in [4.78, 5) is 16.6. The standard InChI is InChI=1S/C23H20N2O2/c1-15-11-17(13-20-19-8-3-4-9-21(19)25-23(20)26)12-16(2)22(15)27-14-18-7-5-6-10-24-18/h3-13H,14H2,1-2H3,(H,25,26). The summed E-state index contributed by atoms with van der Waals surface area (Å²) in [6.07, 6.45) is 3.70. The molecule has 2 aromatic carbocycles. The summed E-state index contributed by atoms with van der Waals surface area (Å²) in [7, 11) is 0. The first-order valence-corrected chi connectivity index (χ1v) is 8.88. The Kier molecular flexibility index (Phi) is 4.47. The Hall–Kier alpha value is -3.40. The van der Waals surface area contributed by atoms with E-state index in [1.165, 1.54) is 0 Å². The summed E-state index contributed by atoms with van der Waals surface area (Å²) in [5, 5.41) is 2.91. The van der Waals surface area contributed by atoms with Gasteiger partial charge in [0, 0.05) is 23.0 Å². The molecule has 4 nitrogen and oxygen atoms in total. The maximum atomic E-state index is 12.3. The summed E-state index contributed by atoms with van der Waals surface area (Å²) >= 11 is 0. The van der Waals surface area contributed by atoms with Gasteiger partial charge in [-0.15, -0.1) is 0 Å². The highest BCUT2D eigenvalue weighted by Crippen LogP contribution is 2.34. The number of para-hydroxylation sites is 1. The number of carbonyl (C=O) groups excluding carboxylic acids is 1. The van der Waals surface area contributed by atoms with Crippen LogP contribution >= 0.6 is 0 Å². The third-order valence-electron chi connectivity index (χ3n) is 4.59. The number of ether oxygens (including phenoxy) is 1. The number of hydrogen-bond donors (Lipinski definition) is 1. The number of aryl methyl sites for hydroxylation is 2. The molecule has 1 N–H and O–H groups in total. The number of fused-ring (bicyclic) bond motifs is 1. The minimum Gasteiger partial charge on any atom is -0.487 e. The van der Waals surface area contributed by atoms with Crippen LogP contribution in [0.4, 0.5) is 5.69 Å². The Morgan fingerprint density at radius 2 is 1.78 bits per heavy atom. The van der Waals surface area contributed by atoms with E-state index in [0.717, 1.165) is 39.4 Å². The van der Waals surface area contributed by atoms with Crippen molar-refractivity contribution < 1.29 is 9.53 Å². The first-order valence-electron chi connectivity index (χ1n) is 8.88. The maximum Gasteiger partial charge on any atom is 0.256 e. The molecule has 3 aromatic rings. The van der Waals surface area contributed by atoms with Crippen LogP contribution < -0.4 is 10.1 Å². The molecule has 134 valence electrons. The number of nitrogens with one attached hydrogen (secondary N) is 1. The Morgan fingerprint density at radius 1 is 1.04 bits per heavy atom. The van der Waals surface area contributed by atoms with Gasteiger partial charge in [0.15, 0.2) is 0 Å². The zero-order valence-corrected chi connectivity index (χ0v) is 15.3. The number of carbonyl (C=O) groups is 1. The van der Waals surface area contributed by atoms with E-state index < -0.39 is 0 Å². The highest BCUT2D eigenvalue weighted by molar-refractivity contribution is 6.34. The van der Waals surface area contributed by atoms with E-state index in [4.69, 9.17) is 4.74 Å². The van der Waals surface area contributed by atoms with Gasteiger partial charge in [0.05, 0.1) is 5.69 Å². The van der Waals surface area contributed by atoms with Crippen molar-refractivity contribution in [2.75, 3.05) is 5.32 Å². The quantitative estimate of drug-likeness (QED) is 0.685. The molecule has 0 fully saturated rings. The lowest BCUT2D eigenvalue weighted by molar-refractivity contribution is -0.110. The van der Waals surface area contributed by atoms with Crippen molar-refractivity contribution in [1.29, 1.82) is 0 Å². The SMILES string of the molecule is Cc1cc(C=C2C(=O)Nc3ccccc32)cc(C)c1OCc1ccccn1. The van der Waals surface area contributed by atoms with Crippen molar-refractivity contribution in [1.82, 2.24) is 4.98 Å². The molecule has 0 radical (unpaired) electrons. The van der Waals surface area contributed by atoms with Crippen LogP contribution in [0, 0.1) is 13.8 Å². The first kappa shape index (κ1) is 17.0. The summed E-state index contributed by atoms with van der Waals surface area (Å²) in [6.45, 7) is 4.47. The molecule has 1 amide bonds. The lowest BCUT2D eigenvalue weighted by Crippen LogP contribution is -2.04. The van der Waals surface area contributed by atoms with Crippen LogP contribution in [0.5, 0.6) is 5.75 Å². The minimum absolute atomic E-state index is 0.0676. The molecule has 1 aromatic heterocycles. The van der Waals surface area contributed by atoms with Crippen molar-refractivity contribution in [3.8, 4) is 5.75 Å². The largest absolute Gasteiger partial charge is 0.487 e. The third kappa shape index (κ3) is 3.47. The summed E-state index contributed by atoms with van der Waals surface area (Å²) < 4.78 is 5.99. The molecule has 4 heteroatoms. The average Bonchev–Trinajstić information content (AvgIpc) is 2.97. The van der Waals surface area contributed by atoms with E-state index in [1.807, 2.05) is 74.5 Å². The molecule has 0 spiro atoms. The smallest absolute Gasteiger partial charge is 0.256 e. The zero-order valence-electron chi connectivity index (χ0n) is 15.3. The Bertz CT molecular complexity index is 1020. The van der Waals surface area contributed by atoms with Crippen molar-refractivity contribution >= 4 is 23.2 Å². The topological polar surface area (TPSA) is 51.2 Å². The number of benzene rings is 2. The molecule has 0 bridgehead atoms. The zero-order chi connectivity index (χ0) is 18.8. The van der Waals surface area contributed by atoms with Gasteiger partial charge in [-0.25, -0.2) is 0 Å². The van der Waals surface area contributed by atoms with Gasteiger partial charge < -0.3 is 10.1 Å². The predicted molar refractivity (Wildman–Crippen MR) is 107 cm³/mol. The molecule has 0 unspecified atom stereocenters. The summed E-state index contributed by atoms with van der Waals surface area (Å²) in [5.41, 5.74) is 6.42. The van der Waals surface area contributed by atoms with Crippen LogP contribution in [0.25, 0.3) is 11.6 Å². The van der Waals surface area contributed by atoms with Gasteiger partial charge in [-0.1, -0.05) is 24.3 Å². The lowest BCUT2D eigenvalue weighted by Gasteiger charge is -2.13. The molecule has 27 heavy (non-hydrogen) atoms. The second-order valence-corrected chi connectivity index (χ2v) is 6.65. The number of anilines is 1. The maximum absolute atomic E-state index is 12.3. The van der Waals surface area contributed by atoms with Gasteiger partial charge in [0.1, 0.15) is 12.4 Å².